The highest BCUT2D eigenvalue weighted by molar-refractivity contribution is 9.09. The van der Waals surface area contributed by atoms with Gasteiger partial charge in [-0.05, 0) is 25.2 Å². The van der Waals surface area contributed by atoms with Crippen LogP contribution in [-0.2, 0) is 4.74 Å². The van der Waals surface area contributed by atoms with Crippen molar-refractivity contribution >= 4 is 22.0 Å². The van der Waals surface area contributed by atoms with E-state index in [9.17, 15) is 4.79 Å². The number of halogens is 1. The van der Waals surface area contributed by atoms with Gasteiger partial charge in [0.1, 0.15) is 0 Å². The van der Waals surface area contributed by atoms with E-state index in [1.54, 1.807) is 0 Å². The zero-order valence-corrected chi connectivity index (χ0v) is 12.0. The molecule has 98 valence electrons. The number of hydrogen-bond acceptors (Lipinski definition) is 3. The molecule has 0 aromatic heterocycles. The molecule has 0 aromatic rings. The van der Waals surface area contributed by atoms with Crippen molar-refractivity contribution in [1.82, 2.24) is 9.80 Å². The second kappa shape index (κ2) is 5.57. The van der Waals surface area contributed by atoms with E-state index >= 15 is 0 Å². The lowest BCUT2D eigenvalue weighted by molar-refractivity contribution is 0.0750. The van der Waals surface area contributed by atoms with Crippen molar-refractivity contribution in [2.75, 3.05) is 44.7 Å². The van der Waals surface area contributed by atoms with Crippen LogP contribution in [0.4, 0.5) is 4.79 Å². The van der Waals surface area contributed by atoms with Crippen molar-refractivity contribution in [1.29, 1.82) is 0 Å². The van der Waals surface area contributed by atoms with E-state index < -0.39 is 0 Å². The Balaban J connectivity index is 1.72. The number of amides is 1. The molecule has 1 amide bonds. The summed E-state index contributed by atoms with van der Waals surface area (Å²) >= 11 is 3.60. The monoisotopic (exact) mass is 304 g/mol. The highest BCUT2D eigenvalue weighted by atomic mass is 79.9. The number of alkyl halides is 1. The van der Waals surface area contributed by atoms with E-state index in [4.69, 9.17) is 4.74 Å². The molecule has 2 rings (SSSR count). The van der Waals surface area contributed by atoms with Crippen LogP contribution < -0.4 is 0 Å². The van der Waals surface area contributed by atoms with E-state index in [0.29, 0.717) is 12.0 Å². The maximum Gasteiger partial charge on any atom is 0.409 e. The van der Waals surface area contributed by atoms with E-state index in [0.717, 1.165) is 31.5 Å². The lowest BCUT2D eigenvalue weighted by Gasteiger charge is -2.35. The molecule has 1 saturated carbocycles. The van der Waals surface area contributed by atoms with Gasteiger partial charge in [-0.3, -0.25) is 4.90 Å². The lowest BCUT2D eigenvalue weighted by Crippen LogP contribution is -2.50. The topological polar surface area (TPSA) is 32.8 Å². The Labute approximate surface area is 111 Å². The molecule has 1 heterocycles. The van der Waals surface area contributed by atoms with Gasteiger partial charge in [-0.15, -0.1) is 0 Å². The first-order chi connectivity index (χ1) is 8.19. The van der Waals surface area contributed by atoms with Gasteiger partial charge < -0.3 is 9.64 Å². The van der Waals surface area contributed by atoms with Crippen molar-refractivity contribution in [3.63, 3.8) is 0 Å². The zero-order valence-electron chi connectivity index (χ0n) is 10.5. The molecule has 0 unspecified atom stereocenters. The summed E-state index contributed by atoms with van der Waals surface area (Å²) in [6.45, 7) is 7.05. The van der Waals surface area contributed by atoms with Crippen LogP contribution in [0.1, 0.15) is 19.8 Å². The van der Waals surface area contributed by atoms with Gasteiger partial charge in [-0.2, -0.15) is 0 Å². The molecular formula is C12H21BrN2O2. The molecular weight excluding hydrogens is 284 g/mol. The average Bonchev–Trinajstić information content (AvgIpc) is 3.11. The second-order valence-electron chi connectivity index (χ2n) is 5.10. The maximum absolute atomic E-state index is 11.5. The second-order valence-corrected chi connectivity index (χ2v) is 5.66. The largest absolute Gasteiger partial charge is 0.450 e. The molecule has 0 spiro atoms. The predicted octanol–water partition coefficient (Wildman–Crippen LogP) is 1.94. The summed E-state index contributed by atoms with van der Waals surface area (Å²) in [5.74, 6) is 0. The lowest BCUT2D eigenvalue weighted by atomic mass is 10.1. The first kappa shape index (κ1) is 13.1. The quantitative estimate of drug-likeness (QED) is 0.744. The van der Waals surface area contributed by atoms with Crippen LogP contribution in [0.3, 0.4) is 0 Å². The molecule has 2 aliphatic rings. The van der Waals surface area contributed by atoms with Gasteiger partial charge in [-0.1, -0.05) is 15.9 Å². The Hall–Kier alpha value is -0.290. The summed E-state index contributed by atoms with van der Waals surface area (Å²) in [7, 11) is 0. The molecule has 0 aromatic carbocycles. The summed E-state index contributed by atoms with van der Waals surface area (Å²) in [6, 6.07) is 0. The Morgan fingerprint density at radius 2 is 1.94 bits per heavy atom. The van der Waals surface area contributed by atoms with Gasteiger partial charge in [0, 0.05) is 38.1 Å². The van der Waals surface area contributed by atoms with E-state index in [1.807, 2.05) is 11.8 Å². The van der Waals surface area contributed by atoms with Crippen LogP contribution in [0.25, 0.3) is 0 Å². The Morgan fingerprint density at radius 1 is 1.29 bits per heavy atom. The fourth-order valence-corrected chi connectivity index (χ4v) is 3.03. The van der Waals surface area contributed by atoms with Crippen LogP contribution in [0.2, 0.25) is 0 Å². The third kappa shape index (κ3) is 3.35. The highest BCUT2D eigenvalue weighted by Crippen LogP contribution is 2.47. The van der Waals surface area contributed by atoms with E-state index in [-0.39, 0.29) is 6.09 Å². The van der Waals surface area contributed by atoms with E-state index in [1.165, 1.54) is 19.4 Å². The number of nitrogens with zero attached hydrogens (tertiary/aromatic N) is 2. The standard InChI is InChI=1S/C12H21BrN2O2/c1-2-17-11(16)15-7-5-14(6-8-15)10-12(9-13)3-4-12/h2-10H2,1H3. The van der Waals surface area contributed by atoms with Gasteiger partial charge >= 0.3 is 6.09 Å². The van der Waals surface area contributed by atoms with Crippen LogP contribution in [0.5, 0.6) is 0 Å². The molecule has 0 radical (unpaired) electrons. The summed E-state index contributed by atoms with van der Waals surface area (Å²) in [5.41, 5.74) is 0.534. The molecule has 1 saturated heterocycles. The summed E-state index contributed by atoms with van der Waals surface area (Å²) < 4.78 is 5.01. The first-order valence-corrected chi connectivity index (χ1v) is 7.51. The van der Waals surface area contributed by atoms with Crippen LogP contribution >= 0.6 is 15.9 Å². The molecule has 2 fully saturated rings. The van der Waals surface area contributed by atoms with Crippen LogP contribution in [0, 0.1) is 5.41 Å². The smallest absolute Gasteiger partial charge is 0.409 e. The average molecular weight is 305 g/mol. The minimum absolute atomic E-state index is 0.159. The molecule has 0 N–H and O–H groups in total. The van der Waals surface area contributed by atoms with Crippen LogP contribution in [-0.4, -0.2) is 60.6 Å². The minimum Gasteiger partial charge on any atom is -0.450 e. The van der Waals surface area contributed by atoms with Gasteiger partial charge in [0.2, 0.25) is 0 Å². The number of piperazine rings is 1. The van der Waals surface area contributed by atoms with Gasteiger partial charge in [0.15, 0.2) is 0 Å². The fourth-order valence-electron chi connectivity index (χ4n) is 2.29. The molecule has 0 bridgehead atoms. The summed E-state index contributed by atoms with van der Waals surface area (Å²) in [6.07, 6.45) is 2.53. The Morgan fingerprint density at radius 3 is 2.41 bits per heavy atom. The number of hydrogen-bond donors (Lipinski definition) is 0. The molecule has 17 heavy (non-hydrogen) atoms. The third-order valence-corrected chi connectivity index (χ3v) is 4.89. The highest BCUT2D eigenvalue weighted by Gasteiger charge is 2.43. The van der Waals surface area contributed by atoms with Gasteiger partial charge in [0.05, 0.1) is 6.61 Å². The third-order valence-electron chi connectivity index (χ3n) is 3.70. The van der Waals surface area contributed by atoms with Crippen molar-refractivity contribution < 1.29 is 9.53 Å². The number of rotatable bonds is 4. The number of ether oxygens (including phenoxy) is 1. The number of carbonyl (C=O) groups excluding carboxylic acids is 1. The van der Waals surface area contributed by atoms with Crippen LogP contribution in [0.15, 0.2) is 0 Å². The van der Waals surface area contributed by atoms with Crippen molar-refractivity contribution in [2.24, 2.45) is 5.41 Å². The first-order valence-electron chi connectivity index (χ1n) is 6.39. The maximum atomic E-state index is 11.5. The van der Waals surface area contributed by atoms with Gasteiger partial charge in [-0.25, -0.2) is 4.79 Å². The zero-order chi connectivity index (χ0) is 12.3. The molecule has 5 heteroatoms. The molecule has 1 aliphatic carbocycles. The Kier molecular flexibility index (Phi) is 4.31. The molecule has 4 nitrogen and oxygen atoms in total. The summed E-state index contributed by atoms with van der Waals surface area (Å²) in [5, 5.41) is 1.11. The van der Waals surface area contributed by atoms with Crippen molar-refractivity contribution in [3.8, 4) is 0 Å². The number of carbonyl (C=O) groups is 1. The SMILES string of the molecule is CCOC(=O)N1CCN(CC2(CBr)CC2)CC1. The molecule has 0 atom stereocenters. The molecule has 1 aliphatic heterocycles. The van der Waals surface area contributed by atoms with Crippen molar-refractivity contribution in [2.45, 2.75) is 19.8 Å². The van der Waals surface area contributed by atoms with E-state index in [2.05, 4.69) is 20.8 Å². The predicted molar refractivity (Wildman–Crippen MR) is 70.5 cm³/mol. The summed E-state index contributed by atoms with van der Waals surface area (Å²) in [4.78, 5) is 15.8. The normalized spacial score (nSPS) is 23.5. The minimum atomic E-state index is -0.159. The Bertz CT molecular complexity index is 274. The van der Waals surface area contributed by atoms with Gasteiger partial charge in [0.25, 0.3) is 0 Å². The van der Waals surface area contributed by atoms with Crippen molar-refractivity contribution in [3.05, 3.63) is 0 Å². The fraction of sp³-hybridized carbons (Fsp3) is 0.917.